The van der Waals surface area contributed by atoms with E-state index in [-0.39, 0.29) is 5.91 Å². The van der Waals surface area contributed by atoms with Crippen LogP contribution >= 0.6 is 0 Å². The smallest absolute Gasteiger partial charge is 0.255 e. The minimum absolute atomic E-state index is 0.0670. The lowest BCUT2D eigenvalue weighted by atomic mass is 9.91. The van der Waals surface area contributed by atoms with Crippen molar-refractivity contribution in [1.29, 1.82) is 0 Å². The zero-order valence-corrected chi connectivity index (χ0v) is 12.0. The molecule has 0 bridgehead atoms. The molecule has 2 aromatic rings. The summed E-state index contributed by atoms with van der Waals surface area (Å²) in [7, 11) is 0. The summed E-state index contributed by atoms with van der Waals surface area (Å²) in [5.74, 6) is 0.528. The zero-order valence-electron chi connectivity index (χ0n) is 12.0. The van der Waals surface area contributed by atoms with E-state index in [4.69, 9.17) is 0 Å². The van der Waals surface area contributed by atoms with Gasteiger partial charge in [-0.1, -0.05) is 30.3 Å². The van der Waals surface area contributed by atoms with Crippen LogP contribution in [0.4, 0.5) is 5.69 Å². The molecule has 21 heavy (non-hydrogen) atoms. The molecule has 0 saturated carbocycles. The van der Waals surface area contributed by atoms with Crippen molar-refractivity contribution >= 4 is 11.6 Å². The summed E-state index contributed by atoms with van der Waals surface area (Å²) >= 11 is 0. The van der Waals surface area contributed by atoms with Crippen LogP contribution in [0.3, 0.4) is 0 Å². The number of piperidine rings is 1. The molecule has 0 aromatic heterocycles. The highest BCUT2D eigenvalue weighted by molar-refractivity contribution is 6.04. The highest BCUT2D eigenvalue weighted by atomic mass is 16.1. The summed E-state index contributed by atoms with van der Waals surface area (Å²) in [6.07, 6.45) is 2.47. The Labute approximate surface area is 125 Å². The topological polar surface area (TPSA) is 41.1 Å². The van der Waals surface area contributed by atoms with Crippen molar-refractivity contribution in [3.05, 3.63) is 65.7 Å². The first kappa shape index (κ1) is 13.8. The number of anilines is 1. The summed E-state index contributed by atoms with van der Waals surface area (Å²) in [6.45, 7) is 2.18. The molecule has 108 valence electrons. The maximum atomic E-state index is 12.1. The SMILES string of the molecule is O=C(Nc1ccc([C@H]2CCCNC2)cc1)c1ccccc1. The second-order valence-corrected chi connectivity index (χ2v) is 5.49. The van der Waals surface area contributed by atoms with Gasteiger partial charge in [0.15, 0.2) is 0 Å². The van der Waals surface area contributed by atoms with Crippen LogP contribution in [0.15, 0.2) is 54.6 Å². The predicted molar refractivity (Wildman–Crippen MR) is 85.7 cm³/mol. The van der Waals surface area contributed by atoms with Crippen LogP contribution in [0.2, 0.25) is 0 Å². The number of hydrogen-bond donors (Lipinski definition) is 2. The monoisotopic (exact) mass is 280 g/mol. The molecule has 0 radical (unpaired) electrons. The molecule has 2 N–H and O–H groups in total. The molecule has 3 nitrogen and oxygen atoms in total. The summed E-state index contributed by atoms with van der Waals surface area (Å²) in [4.78, 5) is 12.1. The van der Waals surface area contributed by atoms with Crippen LogP contribution in [-0.2, 0) is 0 Å². The highest BCUT2D eigenvalue weighted by Gasteiger charge is 2.14. The van der Waals surface area contributed by atoms with Crippen molar-refractivity contribution in [3.63, 3.8) is 0 Å². The third-order valence-electron chi connectivity index (χ3n) is 3.97. The molecule has 0 spiro atoms. The molecular weight excluding hydrogens is 260 g/mol. The fraction of sp³-hybridized carbons (Fsp3) is 0.278. The molecule has 0 aliphatic carbocycles. The average molecular weight is 280 g/mol. The van der Waals surface area contributed by atoms with Gasteiger partial charge in [-0.25, -0.2) is 0 Å². The van der Waals surface area contributed by atoms with Gasteiger partial charge in [0.2, 0.25) is 0 Å². The first-order valence-electron chi connectivity index (χ1n) is 7.50. The van der Waals surface area contributed by atoms with Crippen LogP contribution < -0.4 is 10.6 Å². The van der Waals surface area contributed by atoms with Gasteiger partial charge in [0.1, 0.15) is 0 Å². The van der Waals surface area contributed by atoms with E-state index in [0.29, 0.717) is 11.5 Å². The van der Waals surface area contributed by atoms with Crippen molar-refractivity contribution in [2.75, 3.05) is 18.4 Å². The van der Waals surface area contributed by atoms with Gasteiger partial charge in [0.25, 0.3) is 5.91 Å². The quantitative estimate of drug-likeness (QED) is 0.904. The summed E-state index contributed by atoms with van der Waals surface area (Å²) in [5.41, 5.74) is 2.87. The van der Waals surface area contributed by atoms with Crippen LogP contribution in [-0.4, -0.2) is 19.0 Å². The van der Waals surface area contributed by atoms with Gasteiger partial charge in [-0.3, -0.25) is 4.79 Å². The molecule has 1 amide bonds. The third kappa shape index (κ3) is 3.50. The molecule has 1 atom stereocenters. The molecular formula is C18H20N2O. The van der Waals surface area contributed by atoms with Crippen molar-refractivity contribution in [2.45, 2.75) is 18.8 Å². The average Bonchev–Trinajstić information content (AvgIpc) is 2.57. The molecule has 1 saturated heterocycles. The minimum atomic E-state index is -0.0670. The third-order valence-corrected chi connectivity index (χ3v) is 3.97. The number of rotatable bonds is 3. The van der Waals surface area contributed by atoms with Gasteiger partial charge >= 0.3 is 0 Å². The summed E-state index contributed by atoms with van der Waals surface area (Å²) in [6, 6.07) is 17.5. The Kier molecular flexibility index (Phi) is 4.31. The number of carbonyl (C=O) groups excluding carboxylic acids is 1. The lowest BCUT2D eigenvalue weighted by Gasteiger charge is -2.23. The molecule has 3 heteroatoms. The summed E-state index contributed by atoms with van der Waals surface area (Å²) in [5, 5.41) is 6.37. The standard InChI is InChI=1S/C18H20N2O/c21-18(15-5-2-1-3-6-15)20-17-10-8-14(9-11-17)16-7-4-12-19-13-16/h1-3,5-6,8-11,16,19H,4,7,12-13H2,(H,20,21)/t16-/m0/s1. The molecule has 0 unspecified atom stereocenters. The van der Waals surface area contributed by atoms with Gasteiger partial charge < -0.3 is 10.6 Å². The van der Waals surface area contributed by atoms with Gasteiger partial charge in [-0.2, -0.15) is 0 Å². The lowest BCUT2D eigenvalue weighted by molar-refractivity contribution is 0.102. The predicted octanol–water partition coefficient (Wildman–Crippen LogP) is 3.41. The normalized spacial score (nSPS) is 18.2. The van der Waals surface area contributed by atoms with Gasteiger partial charge in [-0.15, -0.1) is 0 Å². The number of benzene rings is 2. The number of hydrogen-bond acceptors (Lipinski definition) is 2. The van der Waals surface area contributed by atoms with Crippen molar-refractivity contribution in [3.8, 4) is 0 Å². The molecule has 2 aromatic carbocycles. The number of amides is 1. The summed E-state index contributed by atoms with van der Waals surface area (Å²) < 4.78 is 0. The zero-order chi connectivity index (χ0) is 14.5. The molecule has 1 fully saturated rings. The first-order valence-corrected chi connectivity index (χ1v) is 7.50. The van der Waals surface area contributed by atoms with Gasteiger partial charge in [-0.05, 0) is 55.1 Å². The van der Waals surface area contributed by atoms with Crippen molar-refractivity contribution in [1.82, 2.24) is 5.32 Å². The number of carbonyl (C=O) groups is 1. The van der Waals surface area contributed by atoms with E-state index in [1.54, 1.807) is 0 Å². The Morgan fingerprint density at radius 2 is 1.81 bits per heavy atom. The maximum Gasteiger partial charge on any atom is 0.255 e. The van der Waals surface area contributed by atoms with Crippen molar-refractivity contribution in [2.24, 2.45) is 0 Å². The van der Waals surface area contributed by atoms with Crippen LogP contribution in [0, 0.1) is 0 Å². The van der Waals surface area contributed by atoms with E-state index in [2.05, 4.69) is 22.8 Å². The lowest BCUT2D eigenvalue weighted by Crippen LogP contribution is -2.28. The van der Waals surface area contributed by atoms with Gasteiger partial charge in [0, 0.05) is 17.8 Å². The van der Waals surface area contributed by atoms with E-state index in [0.717, 1.165) is 18.8 Å². The second-order valence-electron chi connectivity index (χ2n) is 5.49. The minimum Gasteiger partial charge on any atom is -0.322 e. The van der Waals surface area contributed by atoms with Crippen molar-refractivity contribution < 1.29 is 4.79 Å². The first-order chi connectivity index (χ1) is 10.3. The van der Waals surface area contributed by atoms with E-state index in [1.165, 1.54) is 18.4 Å². The Hall–Kier alpha value is -2.13. The van der Waals surface area contributed by atoms with E-state index >= 15 is 0 Å². The largest absolute Gasteiger partial charge is 0.322 e. The van der Waals surface area contributed by atoms with Crippen LogP contribution in [0.25, 0.3) is 0 Å². The second kappa shape index (κ2) is 6.55. The molecule has 3 rings (SSSR count). The Morgan fingerprint density at radius 3 is 2.48 bits per heavy atom. The van der Waals surface area contributed by atoms with E-state index in [1.807, 2.05) is 42.5 Å². The fourth-order valence-electron chi connectivity index (χ4n) is 2.77. The Morgan fingerprint density at radius 1 is 1.05 bits per heavy atom. The molecule has 1 heterocycles. The maximum absolute atomic E-state index is 12.1. The van der Waals surface area contributed by atoms with E-state index in [9.17, 15) is 4.79 Å². The highest BCUT2D eigenvalue weighted by Crippen LogP contribution is 2.24. The Bertz CT molecular complexity index is 586. The van der Waals surface area contributed by atoms with Crippen LogP contribution in [0.5, 0.6) is 0 Å². The van der Waals surface area contributed by atoms with Gasteiger partial charge in [0.05, 0.1) is 0 Å². The number of nitrogens with one attached hydrogen (secondary N) is 2. The fourth-order valence-corrected chi connectivity index (χ4v) is 2.77. The van der Waals surface area contributed by atoms with Crippen LogP contribution in [0.1, 0.15) is 34.7 Å². The molecule has 1 aliphatic heterocycles. The van der Waals surface area contributed by atoms with E-state index < -0.39 is 0 Å². The molecule has 1 aliphatic rings. The Balaban J connectivity index is 1.65.